The Hall–Kier alpha value is -3.65. The SMILES string of the molecule is Cc1ccc(N=C(c2ccccc2)N(c2ccccc2)c2ccccc2)cc1. The fourth-order valence-electron chi connectivity index (χ4n) is 3.12. The first-order valence-electron chi connectivity index (χ1n) is 9.42. The molecule has 0 aliphatic carbocycles. The van der Waals surface area contributed by atoms with Gasteiger partial charge in [-0.05, 0) is 43.3 Å². The topological polar surface area (TPSA) is 15.6 Å². The van der Waals surface area contributed by atoms with Crippen LogP contribution >= 0.6 is 0 Å². The number of para-hydroxylation sites is 2. The smallest absolute Gasteiger partial charge is 0.145 e. The lowest BCUT2D eigenvalue weighted by atomic mass is 10.1. The highest BCUT2D eigenvalue weighted by atomic mass is 15.2. The van der Waals surface area contributed by atoms with Crippen LogP contribution in [0.1, 0.15) is 11.1 Å². The second kappa shape index (κ2) is 8.36. The van der Waals surface area contributed by atoms with Crippen molar-refractivity contribution in [3.63, 3.8) is 0 Å². The van der Waals surface area contributed by atoms with Crippen molar-refractivity contribution >= 4 is 22.9 Å². The summed E-state index contributed by atoms with van der Waals surface area (Å²) in [7, 11) is 0. The lowest BCUT2D eigenvalue weighted by Crippen LogP contribution is -2.26. The van der Waals surface area contributed by atoms with Gasteiger partial charge < -0.3 is 0 Å². The second-order valence-electron chi connectivity index (χ2n) is 6.64. The van der Waals surface area contributed by atoms with Crippen LogP contribution in [-0.2, 0) is 0 Å². The third-order valence-corrected chi connectivity index (χ3v) is 4.54. The van der Waals surface area contributed by atoms with Crippen LogP contribution in [0.15, 0.2) is 120 Å². The second-order valence-corrected chi connectivity index (χ2v) is 6.64. The normalized spacial score (nSPS) is 11.2. The van der Waals surface area contributed by atoms with E-state index >= 15 is 0 Å². The first-order chi connectivity index (χ1) is 13.8. The first kappa shape index (κ1) is 17.7. The Bertz CT molecular complexity index is 998. The van der Waals surface area contributed by atoms with Crippen LogP contribution in [-0.4, -0.2) is 5.84 Å². The summed E-state index contributed by atoms with van der Waals surface area (Å²) < 4.78 is 0. The monoisotopic (exact) mass is 362 g/mol. The van der Waals surface area contributed by atoms with Gasteiger partial charge in [0.15, 0.2) is 0 Å². The maximum Gasteiger partial charge on any atom is 0.145 e. The molecule has 0 aromatic heterocycles. The van der Waals surface area contributed by atoms with Crippen molar-refractivity contribution in [2.45, 2.75) is 6.92 Å². The molecule has 2 heteroatoms. The Kier molecular flexibility index (Phi) is 5.30. The third-order valence-electron chi connectivity index (χ3n) is 4.54. The van der Waals surface area contributed by atoms with E-state index in [1.54, 1.807) is 0 Å². The summed E-state index contributed by atoms with van der Waals surface area (Å²) in [6.45, 7) is 2.09. The molecule has 0 heterocycles. The average molecular weight is 362 g/mol. The number of benzene rings is 4. The Morgan fingerprint density at radius 2 is 1.04 bits per heavy atom. The van der Waals surface area contributed by atoms with E-state index in [1.165, 1.54) is 5.56 Å². The highest BCUT2D eigenvalue weighted by molar-refractivity contribution is 6.15. The maximum absolute atomic E-state index is 5.07. The minimum atomic E-state index is 0.891. The van der Waals surface area contributed by atoms with Gasteiger partial charge in [0, 0.05) is 16.9 Å². The van der Waals surface area contributed by atoms with E-state index in [4.69, 9.17) is 4.99 Å². The first-order valence-corrected chi connectivity index (χ1v) is 9.42. The van der Waals surface area contributed by atoms with Gasteiger partial charge in [-0.3, -0.25) is 4.90 Å². The molecular weight excluding hydrogens is 340 g/mol. The quantitative estimate of drug-likeness (QED) is 0.284. The maximum atomic E-state index is 5.07. The molecule has 0 unspecified atom stereocenters. The van der Waals surface area contributed by atoms with Gasteiger partial charge in [0.25, 0.3) is 0 Å². The van der Waals surface area contributed by atoms with E-state index in [-0.39, 0.29) is 0 Å². The van der Waals surface area contributed by atoms with Crippen LogP contribution in [0.2, 0.25) is 0 Å². The molecule has 4 aromatic carbocycles. The summed E-state index contributed by atoms with van der Waals surface area (Å²) in [5.74, 6) is 0.891. The molecule has 0 amide bonds. The Labute approximate surface area is 166 Å². The van der Waals surface area contributed by atoms with Gasteiger partial charge in [-0.2, -0.15) is 0 Å². The summed E-state index contributed by atoms with van der Waals surface area (Å²) in [5, 5.41) is 0. The van der Waals surface area contributed by atoms with Crippen LogP contribution in [0.5, 0.6) is 0 Å². The number of hydrogen-bond acceptors (Lipinski definition) is 1. The summed E-state index contributed by atoms with van der Waals surface area (Å²) in [5.41, 5.74) is 5.37. The number of aryl methyl sites for hydroxylation is 1. The predicted octanol–water partition coefficient (Wildman–Crippen LogP) is 6.91. The summed E-state index contributed by atoms with van der Waals surface area (Å²) in [6.07, 6.45) is 0. The lowest BCUT2D eigenvalue weighted by molar-refractivity contribution is 1.30. The fourth-order valence-corrected chi connectivity index (χ4v) is 3.12. The number of nitrogens with zero attached hydrogens (tertiary/aromatic N) is 2. The Balaban J connectivity index is 1.92. The molecule has 2 nitrogen and oxygen atoms in total. The fraction of sp³-hybridized carbons (Fsp3) is 0.0385. The number of anilines is 2. The van der Waals surface area contributed by atoms with E-state index in [1.807, 2.05) is 30.3 Å². The van der Waals surface area contributed by atoms with E-state index in [0.717, 1.165) is 28.5 Å². The molecule has 0 aliphatic heterocycles. The van der Waals surface area contributed by atoms with E-state index in [9.17, 15) is 0 Å². The van der Waals surface area contributed by atoms with Crippen molar-refractivity contribution in [1.82, 2.24) is 0 Å². The van der Waals surface area contributed by atoms with Gasteiger partial charge in [0.1, 0.15) is 5.84 Å². The minimum Gasteiger partial charge on any atom is -0.295 e. The van der Waals surface area contributed by atoms with Gasteiger partial charge >= 0.3 is 0 Å². The highest BCUT2D eigenvalue weighted by Crippen LogP contribution is 2.29. The van der Waals surface area contributed by atoms with Gasteiger partial charge in [-0.1, -0.05) is 84.4 Å². The molecule has 0 radical (unpaired) electrons. The number of aliphatic imine (C=N–C) groups is 1. The van der Waals surface area contributed by atoms with Crippen LogP contribution in [0, 0.1) is 6.92 Å². The Morgan fingerprint density at radius 3 is 1.54 bits per heavy atom. The molecule has 4 aromatic rings. The average Bonchev–Trinajstić information content (AvgIpc) is 2.77. The van der Waals surface area contributed by atoms with Crippen LogP contribution in [0.4, 0.5) is 17.1 Å². The number of hydrogen-bond donors (Lipinski definition) is 0. The van der Waals surface area contributed by atoms with Gasteiger partial charge in [-0.15, -0.1) is 0 Å². The molecular formula is C26H22N2. The molecule has 0 aliphatic rings. The van der Waals surface area contributed by atoms with Gasteiger partial charge in [-0.25, -0.2) is 4.99 Å². The molecule has 0 saturated carbocycles. The molecule has 0 bridgehead atoms. The molecule has 0 spiro atoms. The molecule has 0 N–H and O–H groups in total. The minimum absolute atomic E-state index is 0.891. The highest BCUT2D eigenvalue weighted by Gasteiger charge is 2.18. The largest absolute Gasteiger partial charge is 0.295 e. The van der Waals surface area contributed by atoms with E-state index in [0.29, 0.717) is 0 Å². The summed E-state index contributed by atoms with van der Waals surface area (Å²) in [6, 6.07) is 39.4. The Morgan fingerprint density at radius 1 is 0.571 bits per heavy atom. The number of rotatable bonds is 4. The summed E-state index contributed by atoms with van der Waals surface area (Å²) in [4.78, 5) is 7.27. The molecule has 4 rings (SSSR count). The van der Waals surface area contributed by atoms with E-state index in [2.05, 4.69) is 96.8 Å². The van der Waals surface area contributed by atoms with Crippen molar-refractivity contribution in [2.24, 2.45) is 4.99 Å². The predicted molar refractivity (Wildman–Crippen MR) is 119 cm³/mol. The van der Waals surface area contributed by atoms with E-state index < -0.39 is 0 Å². The standard InChI is InChI=1S/C26H22N2/c1-21-17-19-23(20-18-21)27-26(22-11-5-2-6-12-22)28(24-13-7-3-8-14-24)25-15-9-4-10-16-25/h2-20H,1H3. The zero-order valence-corrected chi connectivity index (χ0v) is 15.9. The van der Waals surface area contributed by atoms with Crippen molar-refractivity contribution in [3.05, 3.63) is 126 Å². The zero-order chi connectivity index (χ0) is 19.2. The summed E-state index contributed by atoms with van der Waals surface area (Å²) >= 11 is 0. The van der Waals surface area contributed by atoms with Gasteiger partial charge in [0.05, 0.1) is 5.69 Å². The third kappa shape index (κ3) is 4.02. The molecule has 136 valence electrons. The van der Waals surface area contributed by atoms with Crippen LogP contribution in [0.3, 0.4) is 0 Å². The van der Waals surface area contributed by atoms with Crippen molar-refractivity contribution < 1.29 is 0 Å². The zero-order valence-electron chi connectivity index (χ0n) is 15.9. The van der Waals surface area contributed by atoms with Crippen molar-refractivity contribution in [1.29, 1.82) is 0 Å². The lowest BCUT2D eigenvalue weighted by Gasteiger charge is -2.27. The number of amidine groups is 1. The van der Waals surface area contributed by atoms with Crippen molar-refractivity contribution in [2.75, 3.05) is 4.90 Å². The molecule has 28 heavy (non-hydrogen) atoms. The molecule has 0 atom stereocenters. The van der Waals surface area contributed by atoms with Gasteiger partial charge in [0.2, 0.25) is 0 Å². The van der Waals surface area contributed by atoms with Crippen LogP contribution < -0.4 is 4.90 Å². The molecule has 0 fully saturated rings. The van der Waals surface area contributed by atoms with Crippen LogP contribution in [0.25, 0.3) is 0 Å². The molecule has 0 saturated heterocycles. The van der Waals surface area contributed by atoms with Crippen molar-refractivity contribution in [3.8, 4) is 0 Å².